The van der Waals surface area contributed by atoms with E-state index in [0.29, 0.717) is 18.7 Å². The van der Waals surface area contributed by atoms with Crippen LogP contribution in [0.1, 0.15) is 28.8 Å². The second-order valence-electron chi connectivity index (χ2n) is 6.20. The Morgan fingerprint density at radius 2 is 1.88 bits per heavy atom. The van der Waals surface area contributed by atoms with Crippen molar-refractivity contribution >= 4 is 33.8 Å². The number of hydrogen-bond donors (Lipinski definition) is 1. The Bertz CT molecular complexity index is 782. The predicted molar refractivity (Wildman–Crippen MR) is 104 cm³/mol. The first-order chi connectivity index (χ1) is 12.6. The van der Waals surface area contributed by atoms with Crippen molar-refractivity contribution < 1.29 is 9.59 Å². The molecule has 1 fully saturated rings. The van der Waals surface area contributed by atoms with Crippen LogP contribution in [-0.2, 0) is 4.79 Å². The number of hydrogen-bond acceptors (Lipinski definition) is 3. The fourth-order valence-electron chi connectivity index (χ4n) is 2.89. The number of benzene rings is 1. The molecule has 5 nitrogen and oxygen atoms in total. The standard InChI is InChI=1S/C20H20BrN3O2/c21-17-6-3-15(4-7-17)5-8-19(25)23-18-9-12-24(13-10-18)20(26)16-2-1-11-22-14-16/h1-8,11,14,18H,9-10,12-13H2,(H,23,25)/b8-5+. The molecular weight excluding hydrogens is 394 g/mol. The Hall–Kier alpha value is -2.47. The summed E-state index contributed by atoms with van der Waals surface area (Å²) >= 11 is 3.39. The highest BCUT2D eigenvalue weighted by molar-refractivity contribution is 9.10. The summed E-state index contributed by atoms with van der Waals surface area (Å²) in [5, 5.41) is 3.01. The lowest BCUT2D eigenvalue weighted by Crippen LogP contribution is -2.46. The summed E-state index contributed by atoms with van der Waals surface area (Å²) in [6.45, 7) is 1.27. The fourth-order valence-corrected chi connectivity index (χ4v) is 3.16. The van der Waals surface area contributed by atoms with Crippen LogP contribution in [0, 0.1) is 0 Å². The molecule has 0 atom stereocenters. The molecule has 26 heavy (non-hydrogen) atoms. The largest absolute Gasteiger partial charge is 0.350 e. The molecule has 1 aliphatic heterocycles. The second kappa shape index (κ2) is 8.76. The third kappa shape index (κ3) is 5.02. The van der Waals surface area contributed by atoms with Crippen LogP contribution in [-0.4, -0.2) is 40.8 Å². The van der Waals surface area contributed by atoms with Gasteiger partial charge in [0.1, 0.15) is 0 Å². The quantitative estimate of drug-likeness (QED) is 0.782. The highest BCUT2D eigenvalue weighted by atomic mass is 79.9. The molecule has 3 rings (SSSR count). The van der Waals surface area contributed by atoms with Gasteiger partial charge in [-0.2, -0.15) is 0 Å². The molecule has 2 heterocycles. The monoisotopic (exact) mass is 413 g/mol. The van der Waals surface area contributed by atoms with Crippen LogP contribution in [0.15, 0.2) is 59.3 Å². The van der Waals surface area contributed by atoms with E-state index in [0.717, 1.165) is 22.9 Å². The number of carbonyl (C=O) groups excluding carboxylic acids is 2. The van der Waals surface area contributed by atoms with Crippen molar-refractivity contribution in [1.82, 2.24) is 15.2 Å². The Morgan fingerprint density at radius 1 is 1.15 bits per heavy atom. The third-order valence-electron chi connectivity index (χ3n) is 4.33. The lowest BCUT2D eigenvalue weighted by Gasteiger charge is -2.32. The van der Waals surface area contributed by atoms with Gasteiger partial charge in [-0.05, 0) is 48.7 Å². The second-order valence-corrected chi connectivity index (χ2v) is 7.12. The normalized spacial score (nSPS) is 15.2. The lowest BCUT2D eigenvalue weighted by atomic mass is 10.0. The van der Waals surface area contributed by atoms with Gasteiger partial charge in [-0.1, -0.05) is 28.1 Å². The molecule has 0 aliphatic carbocycles. The molecule has 1 aromatic heterocycles. The number of carbonyl (C=O) groups is 2. The van der Waals surface area contributed by atoms with Crippen LogP contribution in [0.2, 0.25) is 0 Å². The molecule has 0 spiro atoms. The Balaban J connectivity index is 1.47. The van der Waals surface area contributed by atoms with Gasteiger partial charge >= 0.3 is 0 Å². The SMILES string of the molecule is O=C(/C=C/c1ccc(Br)cc1)NC1CCN(C(=O)c2cccnc2)CC1. The van der Waals surface area contributed by atoms with Gasteiger partial charge < -0.3 is 10.2 Å². The average molecular weight is 414 g/mol. The molecule has 1 saturated heterocycles. The number of aromatic nitrogens is 1. The Labute approximate surface area is 161 Å². The number of likely N-dealkylation sites (tertiary alicyclic amines) is 1. The van der Waals surface area contributed by atoms with E-state index in [4.69, 9.17) is 0 Å². The minimum atomic E-state index is -0.107. The number of pyridine rings is 1. The van der Waals surface area contributed by atoms with Crippen LogP contribution in [0.3, 0.4) is 0 Å². The number of rotatable bonds is 4. The zero-order valence-corrected chi connectivity index (χ0v) is 15.9. The molecule has 2 amide bonds. The summed E-state index contributed by atoms with van der Waals surface area (Å²) in [5.41, 5.74) is 1.58. The summed E-state index contributed by atoms with van der Waals surface area (Å²) in [6.07, 6.45) is 8.09. The smallest absolute Gasteiger partial charge is 0.255 e. The Morgan fingerprint density at radius 3 is 2.54 bits per heavy atom. The maximum absolute atomic E-state index is 12.4. The number of nitrogens with one attached hydrogen (secondary N) is 1. The summed E-state index contributed by atoms with van der Waals surface area (Å²) in [6, 6.07) is 11.4. The van der Waals surface area contributed by atoms with E-state index in [-0.39, 0.29) is 17.9 Å². The van der Waals surface area contributed by atoms with Crippen molar-refractivity contribution in [3.05, 3.63) is 70.5 Å². The van der Waals surface area contributed by atoms with Crippen molar-refractivity contribution in [2.45, 2.75) is 18.9 Å². The van der Waals surface area contributed by atoms with E-state index in [9.17, 15) is 9.59 Å². The van der Waals surface area contributed by atoms with Gasteiger partial charge in [-0.3, -0.25) is 14.6 Å². The van der Waals surface area contributed by atoms with Gasteiger partial charge in [0.25, 0.3) is 5.91 Å². The van der Waals surface area contributed by atoms with Crippen LogP contribution in [0.25, 0.3) is 6.08 Å². The van der Waals surface area contributed by atoms with E-state index in [1.54, 1.807) is 36.7 Å². The molecule has 1 aromatic carbocycles. The van der Waals surface area contributed by atoms with E-state index in [2.05, 4.69) is 26.2 Å². The topological polar surface area (TPSA) is 62.3 Å². The molecular formula is C20H20BrN3O2. The van der Waals surface area contributed by atoms with Gasteiger partial charge in [0.05, 0.1) is 5.56 Å². The lowest BCUT2D eigenvalue weighted by molar-refractivity contribution is -0.117. The fraction of sp³-hybridized carbons (Fsp3) is 0.250. The average Bonchev–Trinajstić information content (AvgIpc) is 2.68. The Kier molecular flexibility index (Phi) is 6.17. The predicted octanol–water partition coefficient (Wildman–Crippen LogP) is 3.28. The van der Waals surface area contributed by atoms with Gasteiger partial charge in [-0.15, -0.1) is 0 Å². The third-order valence-corrected chi connectivity index (χ3v) is 4.86. The summed E-state index contributed by atoms with van der Waals surface area (Å²) in [7, 11) is 0. The maximum Gasteiger partial charge on any atom is 0.255 e. The first-order valence-corrected chi connectivity index (χ1v) is 9.34. The molecule has 2 aromatic rings. The summed E-state index contributed by atoms with van der Waals surface area (Å²) in [5.74, 6) is -0.108. The van der Waals surface area contributed by atoms with Gasteiger partial charge in [0, 0.05) is 42.1 Å². The first kappa shape index (κ1) is 18.3. The number of piperidine rings is 1. The van der Waals surface area contributed by atoms with Crippen molar-refractivity contribution in [2.75, 3.05) is 13.1 Å². The van der Waals surface area contributed by atoms with Crippen LogP contribution < -0.4 is 5.32 Å². The molecule has 0 saturated carbocycles. The van der Waals surface area contributed by atoms with E-state index in [1.165, 1.54) is 0 Å². The molecule has 0 radical (unpaired) electrons. The first-order valence-electron chi connectivity index (χ1n) is 8.55. The van der Waals surface area contributed by atoms with E-state index < -0.39 is 0 Å². The van der Waals surface area contributed by atoms with Crippen molar-refractivity contribution in [2.24, 2.45) is 0 Å². The molecule has 1 aliphatic rings. The van der Waals surface area contributed by atoms with Crippen LogP contribution in [0.5, 0.6) is 0 Å². The zero-order valence-electron chi connectivity index (χ0n) is 14.3. The van der Waals surface area contributed by atoms with Gasteiger partial charge in [-0.25, -0.2) is 0 Å². The summed E-state index contributed by atoms with van der Waals surface area (Å²) in [4.78, 5) is 30.3. The van der Waals surface area contributed by atoms with E-state index >= 15 is 0 Å². The van der Waals surface area contributed by atoms with Crippen molar-refractivity contribution in [1.29, 1.82) is 0 Å². The molecule has 134 valence electrons. The maximum atomic E-state index is 12.4. The van der Waals surface area contributed by atoms with Crippen molar-refractivity contribution in [3.8, 4) is 0 Å². The highest BCUT2D eigenvalue weighted by Crippen LogP contribution is 2.14. The van der Waals surface area contributed by atoms with Crippen LogP contribution >= 0.6 is 15.9 Å². The number of nitrogens with zero attached hydrogens (tertiary/aromatic N) is 2. The van der Waals surface area contributed by atoms with E-state index in [1.807, 2.05) is 29.2 Å². The molecule has 1 N–H and O–H groups in total. The minimum Gasteiger partial charge on any atom is -0.350 e. The zero-order chi connectivity index (χ0) is 18.4. The molecule has 6 heteroatoms. The molecule has 0 unspecified atom stereocenters. The number of amides is 2. The van der Waals surface area contributed by atoms with Crippen molar-refractivity contribution in [3.63, 3.8) is 0 Å². The number of halogens is 1. The van der Waals surface area contributed by atoms with Gasteiger partial charge in [0.2, 0.25) is 5.91 Å². The van der Waals surface area contributed by atoms with Gasteiger partial charge in [0.15, 0.2) is 0 Å². The summed E-state index contributed by atoms with van der Waals surface area (Å²) < 4.78 is 1.01. The highest BCUT2D eigenvalue weighted by Gasteiger charge is 2.24. The minimum absolute atomic E-state index is 0.00184. The molecule has 0 bridgehead atoms. The van der Waals surface area contributed by atoms with Crippen LogP contribution in [0.4, 0.5) is 0 Å².